The van der Waals surface area contributed by atoms with Gasteiger partial charge in [0.1, 0.15) is 17.6 Å². The molecule has 1 aliphatic rings. The second-order valence-electron chi connectivity index (χ2n) is 8.36. The quantitative estimate of drug-likeness (QED) is 0.469. The SMILES string of the molecule is CC(=O)Cc1cn(C)c2c1C(=O)N(c1cc(C)c3nnc(C)n3c1)[C@@H]2c1ccc(Cl)cc1. The first kappa shape index (κ1) is 20.5. The van der Waals surface area contributed by atoms with Crippen LogP contribution in [0.25, 0.3) is 5.65 Å². The summed E-state index contributed by atoms with van der Waals surface area (Å²) in [7, 11) is 1.92. The summed E-state index contributed by atoms with van der Waals surface area (Å²) in [5, 5.41) is 9.04. The Bertz CT molecular complexity index is 1400. The van der Waals surface area contributed by atoms with Gasteiger partial charge in [-0.05, 0) is 55.7 Å². The number of ketones is 1. The van der Waals surface area contributed by atoms with E-state index in [9.17, 15) is 9.59 Å². The number of Topliss-reactive ketones (excluding diaryl/α,β-unsaturated/α-hetero) is 1. The van der Waals surface area contributed by atoms with Crippen LogP contribution in [0, 0.1) is 13.8 Å². The molecule has 0 aliphatic carbocycles. The van der Waals surface area contributed by atoms with Crippen molar-refractivity contribution in [1.82, 2.24) is 19.2 Å². The number of benzene rings is 1. The first-order valence-corrected chi connectivity index (χ1v) is 10.7. The molecule has 5 rings (SSSR count). The summed E-state index contributed by atoms with van der Waals surface area (Å²) in [6.45, 7) is 5.38. The monoisotopic (exact) mass is 447 g/mol. The number of halogens is 1. The lowest BCUT2D eigenvalue weighted by molar-refractivity contribution is -0.116. The number of fused-ring (bicyclic) bond motifs is 2. The van der Waals surface area contributed by atoms with Gasteiger partial charge in [-0.2, -0.15) is 0 Å². The van der Waals surface area contributed by atoms with Gasteiger partial charge in [0, 0.05) is 30.9 Å². The van der Waals surface area contributed by atoms with Crippen LogP contribution >= 0.6 is 11.6 Å². The third kappa shape index (κ3) is 3.04. The van der Waals surface area contributed by atoms with Crippen molar-refractivity contribution in [3.05, 3.63) is 81.5 Å². The Hall–Kier alpha value is -3.45. The van der Waals surface area contributed by atoms with E-state index in [0.29, 0.717) is 10.6 Å². The van der Waals surface area contributed by atoms with Crippen LogP contribution in [0.15, 0.2) is 42.7 Å². The molecule has 162 valence electrons. The largest absolute Gasteiger partial charge is 0.351 e. The molecule has 4 heterocycles. The number of carbonyl (C=O) groups excluding carboxylic acids is 2. The van der Waals surface area contributed by atoms with Crippen LogP contribution < -0.4 is 4.90 Å². The van der Waals surface area contributed by atoms with E-state index in [1.165, 1.54) is 0 Å². The fourth-order valence-corrected chi connectivity index (χ4v) is 4.77. The van der Waals surface area contributed by atoms with Gasteiger partial charge in [0.2, 0.25) is 0 Å². The first-order valence-electron chi connectivity index (χ1n) is 10.3. The molecule has 0 N–H and O–H groups in total. The highest BCUT2D eigenvalue weighted by Gasteiger charge is 2.43. The average Bonchev–Trinajstić information content (AvgIpc) is 3.36. The molecule has 1 amide bonds. The maximum Gasteiger partial charge on any atom is 0.261 e. The van der Waals surface area contributed by atoms with Crippen molar-refractivity contribution in [2.75, 3.05) is 4.90 Å². The molecule has 7 nitrogen and oxygen atoms in total. The summed E-state index contributed by atoms with van der Waals surface area (Å²) < 4.78 is 3.86. The summed E-state index contributed by atoms with van der Waals surface area (Å²) in [5.74, 6) is 0.640. The Labute approximate surface area is 190 Å². The number of anilines is 1. The normalized spacial score (nSPS) is 15.6. The number of rotatable bonds is 4. The van der Waals surface area contributed by atoms with E-state index >= 15 is 0 Å². The number of pyridine rings is 1. The van der Waals surface area contributed by atoms with E-state index in [0.717, 1.165) is 39.5 Å². The fraction of sp³-hybridized carbons (Fsp3) is 0.250. The molecule has 0 saturated carbocycles. The number of carbonyl (C=O) groups is 2. The number of hydrogen-bond donors (Lipinski definition) is 0. The van der Waals surface area contributed by atoms with Gasteiger partial charge < -0.3 is 4.57 Å². The van der Waals surface area contributed by atoms with Gasteiger partial charge in [-0.1, -0.05) is 23.7 Å². The lowest BCUT2D eigenvalue weighted by Crippen LogP contribution is -2.30. The Morgan fingerprint density at radius 1 is 1.12 bits per heavy atom. The minimum Gasteiger partial charge on any atom is -0.351 e. The predicted octanol–water partition coefficient (Wildman–Crippen LogP) is 4.22. The number of aromatic nitrogens is 4. The van der Waals surface area contributed by atoms with Crippen molar-refractivity contribution in [2.24, 2.45) is 7.05 Å². The molecule has 0 radical (unpaired) electrons. The number of nitrogens with zero attached hydrogens (tertiary/aromatic N) is 5. The summed E-state index contributed by atoms with van der Waals surface area (Å²) in [5.41, 5.74) is 5.58. The van der Waals surface area contributed by atoms with Crippen molar-refractivity contribution < 1.29 is 9.59 Å². The molecule has 0 unspecified atom stereocenters. The summed E-state index contributed by atoms with van der Waals surface area (Å²) in [4.78, 5) is 27.6. The summed E-state index contributed by atoms with van der Waals surface area (Å²) >= 11 is 6.14. The zero-order valence-corrected chi connectivity index (χ0v) is 19.0. The van der Waals surface area contributed by atoms with Crippen LogP contribution in [-0.4, -0.2) is 30.9 Å². The van der Waals surface area contributed by atoms with Gasteiger partial charge >= 0.3 is 0 Å². The molecule has 8 heteroatoms. The van der Waals surface area contributed by atoms with Crippen LogP contribution in [0.1, 0.15) is 51.5 Å². The lowest BCUT2D eigenvalue weighted by atomic mass is 10.0. The maximum absolute atomic E-state index is 13.9. The lowest BCUT2D eigenvalue weighted by Gasteiger charge is -2.27. The molecule has 32 heavy (non-hydrogen) atoms. The van der Waals surface area contributed by atoms with Crippen molar-refractivity contribution in [3.63, 3.8) is 0 Å². The molecule has 0 bridgehead atoms. The second-order valence-corrected chi connectivity index (χ2v) is 8.79. The number of aryl methyl sites for hydroxylation is 3. The topological polar surface area (TPSA) is 72.5 Å². The molecule has 1 aliphatic heterocycles. The zero-order valence-electron chi connectivity index (χ0n) is 18.3. The number of amides is 1. The molecule has 0 fully saturated rings. The molecule has 4 aromatic rings. The van der Waals surface area contributed by atoms with E-state index in [2.05, 4.69) is 10.2 Å². The standard InChI is InChI=1S/C24H22ClN5O2/c1-13-9-19(12-29-15(3)26-27-23(13)29)30-21(16-5-7-18(25)8-6-16)22-20(24(30)32)17(10-14(2)31)11-28(22)4/h5-9,11-12,21H,10H2,1-4H3/t21-/m1/s1. The van der Waals surface area contributed by atoms with Crippen molar-refractivity contribution in [1.29, 1.82) is 0 Å². The Morgan fingerprint density at radius 3 is 2.53 bits per heavy atom. The minimum atomic E-state index is -0.353. The smallest absolute Gasteiger partial charge is 0.261 e. The molecular formula is C24H22ClN5O2. The van der Waals surface area contributed by atoms with Gasteiger partial charge in [-0.3, -0.25) is 18.9 Å². The van der Waals surface area contributed by atoms with E-state index in [-0.39, 0.29) is 24.2 Å². The summed E-state index contributed by atoms with van der Waals surface area (Å²) in [6, 6.07) is 9.14. The highest BCUT2D eigenvalue weighted by atomic mass is 35.5. The third-order valence-electron chi connectivity index (χ3n) is 6.00. The van der Waals surface area contributed by atoms with Crippen molar-refractivity contribution >= 4 is 34.6 Å². The molecule has 0 spiro atoms. The van der Waals surface area contributed by atoms with Crippen molar-refractivity contribution in [2.45, 2.75) is 33.2 Å². The zero-order chi connectivity index (χ0) is 22.7. The molecule has 0 saturated heterocycles. The van der Waals surface area contributed by atoms with E-state index in [1.54, 1.807) is 11.8 Å². The van der Waals surface area contributed by atoms with E-state index < -0.39 is 0 Å². The van der Waals surface area contributed by atoms with Gasteiger partial charge in [0.15, 0.2) is 5.65 Å². The molecular weight excluding hydrogens is 426 g/mol. The fourth-order valence-electron chi connectivity index (χ4n) is 4.65. The Kier molecular flexibility index (Phi) is 4.67. The number of hydrogen-bond acceptors (Lipinski definition) is 4. The van der Waals surface area contributed by atoms with Gasteiger partial charge in [0.25, 0.3) is 5.91 Å². The van der Waals surface area contributed by atoms with Crippen LogP contribution in [0.5, 0.6) is 0 Å². The van der Waals surface area contributed by atoms with Crippen LogP contribution in [0.3, 0.4) is 0 Å². The molecule has 1 aromatic carbocycles. The van der Waals surface area contributed by atoms with Gasteiger partial charge in [0.05, 0.1) is 16.9 Å². The Balaban J connectivity index is 1.75. The van der Waals surface area contributed by atoms with Crippen LogP contribution in [0.4, 0.5) is 5.69 Å². The maximum atomic E-state index is 13.9. The van der Waals surface area contributed by atoms with E-state index in [4.69, 9.17) is 11.6 Å². The Morgan fingerprint density at radius 2 is 1.84 bits per heavy atom. The third-order valence-corrected chi connectivity index (χ3v) is 6.26. The highest BCUT2D eigenvalue weighted by molar-refractivity contribution is 6.30. The average molecular weight is 448 g/mol. The summed E-state index contributed by atoms with van der Waals surface area (Å²) in [6.07, 6.45) is 4.01. The predicted molar refractivity (Wildman–Crippen MR) is 122 cm³/mol. The second kappa shape index (κ2) is 7.31. The first-order chi connectivity index (χ1) is 15.3. The van der Waals surface area contributed by atoms with Crippen molar-refractivity contribution in [3.8, 4) is 0 Å². The van der Waals surface area contributed by atoms with E-state index in [1.807, 2.05) is 72.6 Å². The van der Waals surface area contributed by atoms with Crippen LogP contribution in [-0.2, 0) is 18.3 Å². The molecule has 1 atom stereocenters. The van der Waals surface area contributed by atoms with Gasteiger partial charge in [-0.25, -0.2) is 0 Å². The van der Waals surface area contributed by atoms with Crippen LogP contribution in [0.2, 0.25) is 5.02 Å². The molecule has 3 aromatic heterocycles. The minimum absolute atomic E-state index is 0.0186. The van der Waals surface area contributed by atoms with Gasteiger partial charge in [-0.15, -0.1) is 10.2 Å². The highest BCUT2D eigenvalue weighted by Crippen LogP contribution is 2.44.